The molecule has 0 radical (unpaired) electrons. The predicted octanol–water partition coefficient (Wildman–Crippen LogP) is 1.67. The van der Waals surface area contributed by atoms with E-state index in [-0.39, 0.29) is 5.54 Å². The number of hydrogen-bond donors (Lipinski definition) is 1. The molecule has 3 heteroatoms. The number of hydrogen-bond acceptors (Lipinski definition) is 3. The molecule has 2 N–H and O–H groups in total. The Kier molecular flexibility index (Phi) is 3.81. The summed E-state index contributed by atoms with van der Waals surface area (Å²) in [7, 11) is 6.71. The summed E-state index contributed by atoms with van der Waals surface area (Å²) in [5.74, 6) is 0. The fourth-order valence-corrected chi connectivity index (χ4v) is 3.21. The maximum atomic E-state index is 6.28. The molecule has 2 aliphatic rings. The van der Waals surface area contributed by atoms with Crippen LogP contribution >= 0.6 is 0 Å². The maximum absolute atomic E-state index is 6.28. The molecule has 0 amide bonds. The lowest BCUT2D eigenvalue weighted by atomic mass is 9.74. The summed E-state index contributed by atoms with van der Waals surface area (Å²) in [5.41, 5.74) is 6.92. The van der Waals surface area contributed by atoms with Crippen LogP contribution in [0.3, 0.4) is 0 Å². The van der Waals surface area contributed by atoms with Crippen LogP contribution in [0.15, 0.2) is 0 Å². The minimum atomic E-state index is 0.180. The van der Waals surface area contributed by atoms with Crippen LogP contribution in [0, 0.1) is 0 Å². The van der Waals surface area contributed by atoms with Crippen molar-refractivity contribution >= 4 is 0 Å². The Hall–Kier alpha value is -0.120. The second kappa shape index (κ2) is 4.87. The van der Waals surface area contributed by atoms with E-state index in [1.165, 1.54) is 51.5 Å². The van der Waals surface area contributed by atoms with Crippen molar-refractivity contribution < 1.29 is 0 Å². The molecule has 2 rings (SSSR count). The first-order chi connectivity index (χ1) is 7.96. The minimum absolute atomic E-state index is 0.180. The van der Waals surface area contributed by atoms with Crippen molar-refractivity contribution in [3.8, 4) is 0 Å². The zero-order chi connectivity index (χ0) is 12.5. The third-order valence-corrected chi connectivity index (χ3v) is 5.14. The molecule has 2 saturated carbocycles. The standard InChI is InChI=1S/C14H29N3/c1-16(2)14(8-5-9-14)12-17(3)11-10-13(15)6-4-7-13/h4-12,15H2,1-3H3. The van der Waals surface area contributed by atoms with Crippen molar-refractivity contribution in [2.75, 3.05) is 34.2 Å². The molecule has 0 atom stereocenters. The lowest BCUT2D eigenvalue weighted by Crippen LogP contribution is -2.57. The van der Waals surface area contributed by atoms with Gasteiger partial charge in [-0.25, -0.2) is 0 Å². The normalized spacial score (nSPS) is 25.8. The molecule has 2 aliphatic carbocycles. The van der Waals surface area contributed by atoms with E-state index in [0.717, 1.165) is 6.54 Å². The third-order valence-electron chi connectivity index (χ3n) is 5.14. The lowest BCUT2D eigenvalue weighted by Gasteiger charge is -2.50. The molecule has 0 aromatic carbocycles. The van der Waals surface area contributed by atoms with Gasteiger partial charge in [0.2, 0.25) is 0 Å². The Morgan fingerprint density at radius 3 is 1.94 bits per heavy atom. The van der Waals surface area contributed by atoms with E-state index in [0.29, 0.717) is 5.54 Å². The number of rotatable bonds is 6. The monoisotopic (exact) mass is 239 g/mol. The summed E-state index contributed by atoms with van der Waals surface area (Å²) < 4.78 is 0. The molecule has 0 saturated heterocycles. The smallest absolute Gasteiger partial charge is 0.0330 e. The molecule has 3 nitrogen and oxygen atoms in total. The molecule has 2 fully saturated rings. The van der Waals surface area contributed by atoms with E-state index in [1.54, 1.807) is 0 Å². The topological polar surface area (TPSA) is 32.5 Å². The Morgan fingerprint density at radius 2 is 1.59 bits per heavy atom. The Balaban J connectivity index is 1.74. The van der Waals surface area contributed by atoms with E-state index in [4.69, 9.17) is 5.73 Å². The summed E-state index contributed by atoms with van der Waals surface area (Å²) in [6.07, 6.45) is 9.09. The van der Waals surface area contributed by atoms with Gasteiger partial charge in [-0.15, -0.1) is 0 Å². The Morgan fingerprint density at radius 1 is 1.00 bits per heavy atom. The van der Waals surface area contributed by atoms with Crippen LogP contribution in [0.1, 0.15) is 44.9 Å². The number of nitrogens with zero attached hydrogens (tertiary/aromatic N) is 2. The van der Waals surface area contributed by atoms with Crippen LogP contribution in [-0.4, -0.2) is 55.1 Å². The average Bonchev–Trinajstić information content (AvgIpc) is 2.17. The highest BCUT2D eigenvalue weighted by Gasteiger charge is 2.40. The summed E-state index contributed by atoms with van der Waals surface area (Å²) in [5, 5.41) is 0. The lowest BCUT2D eigenvalue weighted by molar-refractivity contribution is 0.0247. The van der Waals surface area contributed by atoms with Gasteiger partial charge in [0.05, 0.1) is 0 Å². The van der Waals surface area contributed by atoms with Crippen molar-refractivity contribution in [2.45, 2.75) is 56.0 Å². The first-order valence-corrected chi connectivity index (χ1v) is 7.11. The van der Waals surface area contributed by atoms with Crippen LogP contribution in [0.4, 0.5) is 0 Å². The van der Waals surface area contributed by atoms with Gasteiger partial charge in [-0.05, 0) is 72.6 Å². The molecule has 0 spiro atoms. The third kappa shape index (κ3) is 2.83. The molecule has 0 unspecified atom stereocenters. The van der Waals surface area contributed by atoms with Crippen molar-refractivity contribution in [1.29, 1.82) is 0 Å². The highest BCUT2D eigenvalue weighted by atomic mass is 15.2. The minimum Gasteiger partial charge on any atom is -0.325 e. The molecule has 0 heterocycles. The molecular weight excluding hydrogens is 210 g/mol. The zero-order valence-corrected chi connectivity index (χ0v) is 11.8. The van der Waals surface area contributed by atoms with Gasteiger partial charge in [-0.3, -0.25) is 0 Å². The van der Waals surface area contributed by atoms with Gasteiger partial charge in [0.1, 0.15) is 0 Å². The molecule has 17 heavy (non-hydrogen) atoms. The molecule has 0 aromatic rings. The maximum Gasteiger partial charge on any atom is 0.0330 e. The van der Waals surface area contributed by atoms with Gasteiger partial charge in [0, 0.05) is 17.6 Å². The average molecular weight is 239 g/mol. The number of nitrogens with two attached hydrogens (primary N) is 1. The van der Waals surface area contributed by atoms with Crippen LogP contribution < -0.4 is 5.73 Å². The molecule has 100 valence electrons. The highest BCUT2D eigenvalue weighted by Crippen LogP contribution is 2.37. The highest BCUT2D eigenvalue weighted by molar-refractivity contribution is 4.98. The van der Waals surface area contributed by atoms with E-state index in [9.17, 15) is 0 Å². The fraction of sp³-hybridized carbons (Fsp3) is 1.00. The van der Waals surface area contributed by atoms with Crippen LogP contribution in [0.25, 0.3) is 0 Å². The van der Waals surface area contributed by atoms with Crippen molar-refractivity contribution in [1.82, 2.24) is 9.80 Å². The second-order valence-electron chi connectivity index (χ2n) is 6.68. The fourth-order valence-electron chi connectivity index (χ4n) is 3.21. The summed E-state index contributed by atoms with van der Waals surface area (Å²) >= 11 is 0. The summed E-state index contributed by atoms with van der Waals surface area (Å²) in [6, 6.07) is 0. The quantitative estimate of drug-likeness (QED) is 0.765. The van der Waals surface area contributed by atoms with Crippen LogP contribution in [-0.2, 0) is 0 Å². The molecule has 0 aliphatic heterocycles. The van der Waals surface area contributed by atoms with Gasteiger partial charge in [-0.2, -0.15) is 0 Å². The first-order valence-electron chi connectivity index (χ1n) is 7.11. The van der Waals surface area contributed by atoms with E-state index in [2.05, 4.69) is 30.9 Å². The van der Waals surface area contributed by atoms with Crippen molar-refractivity contribution in [3.63, 3.8) is 0 Å². The number of likely N-dealkylation sites (N-methyl/N-ethyl adjacent to an activating group) is 2. The summed E-state index contributed by atoms with van der Waals surface area (Å²) in [4.78, 5) is 4.92. The Labute approximate surface area is 106 Å². The SMILES string of the molecule is CN(CCC1(N)CCC1)CC1(N(C)C)CCC1. The van der Waals surface area contributed by atoms with Crippen molar-refractivity contribution in [2.24, 2.45) is 5.73 Å². The van der Waals surface area contributed by atoms with Crippen LogP contribution in [0.5, 0.6) is 0 Å². The van der Waals surface area contributed by atoms with Crippen molar-refractivity contribution in [3.05, 3.63) is 0 Å². The second-order valence-corrected chi connectivity index (χ2v) is 6.68. The predicted molar refractivity (Wildman–Crippen MR) is 73.2 cm³/mol. The first kappa shape index (κ1) is 13.3. The van der Waals surface area contributed by atoms with Gasteiger partial charge in [0.25, 0.3) is 0 Å². The van der Waals surface area contributed by atoms with E-state index < -0.39 is 0 Å². The van der Waals surface area contributed by atoms with E-state index >= 15 is 0 Å². The zero-order valence-electron chi connectivity index (χ0n) is 11.8. The Bertz CT molecular complexity index is 254. The molecular formula is C14H29N3. The van der Waals surface area contributed by atoms with Crippen LogP contribution in [0.2, 0.25) is 0 Å². The molecule has 0 bridgehead atoms. The largest absolute Gasteiger partial charge is 0.325 e. The van der Waals surface area contributed by atoms with E-state index in [1.807, 2.05) is 0 Å². The van der Waals surface area contributed by atoms with Gasteiger partial charge in [-0.1, -0.05) is 0 Å². The van der Waals surface area contributed by atoms with Gasteiger partial charge >= 0.3 is 0 Å². The van der Waals surface area contributed by atoms with Gasteiger partial charge in [0.15, 0.2) is 0 Å². The molecule has 0 aromatic heterocycles. The summed E-state index contributed by atoms with van der Waals surface area (Å²) in [6.45, 7) is 2.36. The van der Waals surface area contributed by atoms with Gasteiger partial charge < -0.3 is 15.5 Å².